The Balaban J connectivity index is 1.64. The average Bonchev–Trinajstić information content (AvgIpc) is 3.50. The number of hydrogen-bond donors (Lipinski definition) is 1. The lowest BCUT2D eigenvalue weighted by atomic mass is 10.1. The van der Waals surface area contributed by atoms with Gasteiger partial charge in [0.2, 0.25) is 5.91 Å². The second kappa shape index (κ2) is 9.05. The largest absolute Gasteiger partial charge is 0.339 e. The molecule has 4 rings (SSSR count). The molecule has 1 aliphatic heterocycles. The van der Waals surface area contributed by atoms with Crippen LogP contribution in [-0.4, -0.2) is 45.5 Å². The number of carbonyl (C=O) groups is 2. The van der Waals surface area contributed by atoms with E-state index < -0.39 is 6.04 Å². The molecular formula is C20H17Br2Cl2N5O2. The number of amides is 2. The van der Waals surface area contributed by atoms with Crippen molar-refractivity contribution in [3.05, 3.63) is 50.5 Å². The monoisotopic (exact) mass is 587 g/mol. The van der Waals surface area contributed by atoms with Crippen molar-refractivity contribution < 1.29 is 9.59 Å². The number of hydrazone groups is 1. The summed E-state index contributed by atoms with van der Waals surface area (Å²) in [6, 6.07) is 6.11. The minimum absolute atomic E-state index is 0.200. The molecule has 1 atom stereocenters. The molecule has 0 spiro atoms. The van der Waals surface area contributed by atoms with Crippen molar-refractivity contribution in [2.75, 3.05) is 17.4 Å². The maximum atomic E-state index is 13.3. The zero-order chi connectivity index (χ0) is 22.3. The van der Waals surface area contributed by atoms with Crippen LogP contribution in [0.3, 0.4) is 0 Å². The van der Waals surface area contributed by atoms with Crippen molar-refractivity contribution in [3.63, 3.8) is 0 Å². The van der Waals surface area contributed by atoms with Gasteiger partial charge in [-0.1, -0.05) is 23.2 Å². The van der Waals surface area contributed by atoms with Crippen LogP contribution in [0.5, 0.6) is 0 Å². The number of carbonyl (C=O) groups excluding carboxylic acids is 2. The highest BCUT2D eigenvalue weighted by molar-refractivity contribution is 9.18. The van der Waals surface area contributed by atoms with E-state index in [4.69, 9.17) is 23.2 Å². The maximum absolute atomic E-state index is 13.3. The Morgan fingerprint density at radius 2 is 2.00 bits per heavy atom. The van der Waals surface area contributed by atoms with Gasteiger partial charge in [-0.2, -0.15) is 5.10 Å². The molecule has 1 unspecified atom stereocenters. The summed E-state index contributed by atoms with van der Waals surface area (Å²) in [5.74, 6) is -0.181. The topological polar surface area (TPSA) is 77.9 Å². The lowest BCUT2D eigenvalue weighted by molar-refractivity contribution is -0.117. The maximum Gasteiger partial charge on any atom is 0.256 e. The van der Waals surface area contributed by atoms with Crippen molar-refractivity contribution in [3.8, 4) is 0 Å². The molecular weight excluding hydrogens is 573 g/mol. The smallest absolute Gasteiger partial charge is 0.256 e. The van der Waals surface area contributed by atoms with Crippen LogP contribution in [0.15, 0.2) is 40.0 Å². The van der Waals surface area contributed by atoms with E-state index in [-0.39, 0.29) is 17.9 Å². The lowest BCUT2D eigenvalue weighted by Crippen LogP contribution is -2.39. The number of anilines is 2. The molecule has 2 aliphatic rings. The molecule has 162 valence electrons. The third-order valence-electron chi connectivity index (χ3n) is 5.08. The molecule has 31 heavy (non-hydrogen) atoms. The van der Waals surface area contributed by atoms with E-state index in [0.717, 1.165) is 12.8 Å². The Morgan fingerprint density at radius 3 is 2.68 bits per heavy atom. The highest BCUT2D eigenvalue weighted by Gasteiger charge is 2.36. The molecule has 1 aliphatic carbocycles. The van der Waals surface area contributed by atoms with Gasteiger partial charge in [0, 0.05) is 35.2 Å². The molecule has 1 saturated carbocycles. The van der Waals surface area contributed by atoms with E-state index in [1.807, 2.05) is 0 Å². The van der Waals surface area contributed by atoms with E-state index in [1.165, 1.54) is 5.01 Å². The summed E-state index contributed by atoms with van der Waals surface area (Å²) < 4.78 is 1.11. The fourth-order valence-electron chi connectivity index (χ4n) is 3.31. The summed E-state index contributed by atoms with van der Waals surface area (Å²) in [4.78, 5) is 32.3. The van der Waals surface area contributed by atoms with Crippen molar-refractivity contribution >= 4 is 83.0 Å². The highest BCUT2D eigenvalue weighted by atomic mass is 79.9. The Hall–Kier alpha value is -1.68. The number of pyridine rings is 1. The van der Waals surface area contributed by atoms with E-state index in [9.17, 15) is 9.59 Å². The normalized spacial score (nSPS) is 18.0. The van der Waals surface area contributed by atoms with E-state index in [2.05, 4.69) is 47.3 Å². The second-order valence-electron chi connectivity index (χ2n) is 7.30. The Kier molecular flexibility index (Phi) is 6.57. The fourth-order valence-corrected chi connectivity index (χ4v) is 4.91. The first-order chi connectivity index (χ1) is 14.8. The standard InChI is InChI=1S/C20H17Br2Cl2N5O2/c1-28(11-4-5-11)20(31)12-7-10(23)8-13(21)17(12)26-19(30)15-9-16(22)27-29(15)18-14(24)3-2-6-25-18/h2-3,6-8,11,15H,4-5,9H2,1H3,(H,26,30). The molecule has 0 saturated heterocycles. The van der Waals surface area contributed by atoms with Gasteiger partial charge in [-0.3, -0.25) is 9.59 Å². The third-order valence-corrected chi connectivity index (χ3v) is 6.70. The summed E-state index contributed by atoms with van der Waals surface area (Å²) in [5, 5.41) is 9.50. The van der Waals surface area contributed by atoms with Crippen LogP contribution >= 0.6 is 55.1 Å². The molecule has 11 heteroatoms. The summed E-state index contributed by atoms with van der Waals surface area (Å²) in [6.45, 7) is 0. The molecule has 7 nitrogen and oxygen atoms in total. The van der Waals surface area contributed by atoms with Crippen molar-refractivity contribution in [1.29, 1.82) is 0 Å². The summed E-state index contributed by atoms with van der Waals surface area (Å²) in [5.41, 5.74) is 0.685. The highest BCUT2D eigenvalue weighted by Crippen LogP contribution is 2.35. The van der Waals surface area contributed by atoms with Crippen LogP contribution in [0.4, 0.5) is 11.5 Å². The van der Waals surface area contributed by atoms with Crippen LogP contribution in [0.25, 0.3) is 0 Å². The number of rotatable bonds is 5. The molecule has 2 amide bonds. The first-order valence-electron chi connectivity index (χ1n) is 9.46. The van der Waals surface area contributed by atoms with Gasteiger partial charge < -0.3 is 10.2 Å². The summed E-state index contributed by atoms with van der Waals surface area (Å²) in [6.07, 6.45) is 3.85. The first-order valence-corrected chi connectivity index (χ1v) is 11.8. The van der Waals surface area contributed by atoms with Crippen molar-refractivity contribution in [2.45, 2.75) is 31.3 Å². The summed E-state index contributed by atoms with van der Waals surface area (Å²) in [7, 11) is 1.76. The van der Waals surface area contributed by atoms with Gasteiger partial charge in [0.15, 0.2) is 5.82 Å². The van der Waals surface area contributed by atoms with Crippen LogP contribution in [0.2, 0.25) is 10.0 Å². The molecule has 0 radical (unpaired) electrons. The van der Waals surface area contributed by atoms with E-state index >= 15 is 0 Å². The third kappa shape index (κ3) is 4.74. The van der Waals surface area contributed by atoms with Crippen LogP contribution in [-0.2, 0) is 4.79 Å². The number of nitrogens with zero attached hydrogens (tertiary/aromatic N) is 4. The number of halogens is 4. The molecule has 0 bridgehead atoms. The van der Waals surface area contributed by atoms with Gasteiger partial charge >= 0.3 is 0 Å². The Labute approximate surface area is 206 Å². The van der Waals surface area contributed by atoms with Gasteiger partial charge in [0.1, 0.15) is 10.7 Å². The lowest BCUT2D eigenvalue weighted by Gasteiger charge is -2.24. The quantitative estimate of drug-likeness (QED) is 0.513. The minimum Gasteiger partial charge on any atom is -0.339 e. The zero-order valence-corrected chi connectivity index (χ0v) is 21.0. The molecule has 1 N–H and O–H groups in total. The fraction of sp³-hybridized carbons (Fsp3) is 0.300. The van der Waals surface area contributed by atoms with Crippen LogP contribution in [0.1, 0.15) is 29.6 Å². The predicted octanol–water partition coefficient (Wildman–Crippen LogP) is 5.31. The van der Waals surface area contributed by atoms with Gasteiger partial charge in [-0.25, -0.2) is 9.99 Å². The molecule has 2 aromatic rings. The molecule has 2 heterocycles. The van der Waals surface area contributed by atoms with Crippen molar-refractivity contribution in [1.82, 2.24) is 9.88 Å². The second-order valence-corrected chi connectivity index (χ2v) is 9.91. The Morgan fingerprint density at radius 1 is 1.26 bits per heavy atom. The predicted molar refractivity (Wildman–Crippen MR) is 129 cm³/mol. The molecule has 1 aromatic carbocycles. The Bertz CT molecular complexity index is 1090. The van der Waals surface area contributed by atoms with Gasteiger partial charge in [0.25, 0.3) is 5.91 Å². The average molecular weight is 590 g/mol. The first kappa shape index (κ1) is 22.5. The number of aromatic nitrogens is 1. The molecule has 1 fully saturated rings. The van der Waals surface area contributed by atoms with E-state index in [1.54, 1.807) is 42.4 Å². The van der Waals surface area contributed by atoms with Crippen molar-refractivity contribution in [2.24, 2.45) is 5.10 Å². The SMILES string of the molecule is CN(C(=O)c1cc(Cl)cc(Br)c1NC(=O)C1CC(Br)=NN1c1ncccc1Cl)C1CC1. The summed E-state index contributed by atoms with van der Waals surface area (Å²) >= 11 is 19.3. The minimum atomic E-state index is -0.700. The number of hydrogen-bond acceptors (Lipinski definition) is 5. The van der Waals surface area contributed by atoms with E-state index in [0.29, 0.717) is 42.6 Å². The zero-order valence-electron chi connectivity index (χ0n) is 16.3. The number of benzene rings is 1. The van der Waals surface area contributed by atoms with Gasteiger partial charge in [0.05, 0.1) is 16.3 Å². The molecule has 1 aromatic heterocycles. The van der Waals surface area contributed by atoms with Gasteiger partial charge in [-0.15, -0.1) is 0 Å². The van der Waals surface area contributed by atoms with Crippen LogP contribution < -0.4 is 10.3 Å². The number of nitrogens with one attached hydrogen (secondary N) is 1. The van der Waals surface area contributed by atoms with Gasteiger partial charge in [-0.05, 0) is 69.0 Å². The van der Waals surface area contributed by atoms with Crippen LogP contribution in [0, 0.1) is 0 Å².